The highest BCUT2D eigenvalue weighted by molar-refractivity contribution is 5.86. The predicted octanol–water partition coefficient (Wildman–Crippen LogP) is 1.80. The molecule has 0 atom stereocenters. The SMILES string of the molecule is CC(C)N(C)CCCNCc1ccoc1C(=O)O. The summed E-state index contributed by atoms with van der Waals surface area (Å²) in [7, 11) is 2.10. The summed E-state index contributed by atoms with van der Waals surface area (Å²) in [6, 6.07) is 2.24. The van der Waals surface area contributed by atoms with Crippen LogP contribution >= 0.6 is 0 Å². The van der Waals surface area contributed by atoms with Crippen molar-refractivity contribution in [2.24, 2.45) is 0 Å². The van der Waals surface area contributed by atoms with Crippen LogP contribution in [0, 0.1) is 0 Å². The van der Waals surface area contributed by atoms with E-state index >= 15 is 0 Å². The molecular weight excluding hydrogens is 232 g/mol. The van der Waals surface area contributed by atoms with Crippen molar-refractivity contribution >= 4 is 5.97 Å². The second kappa shape index (κ2) is 7.18. The van der Waals surface area contributed by atoms with Gasteiger partial charge in [0.25, 0.3) is 0 Å². The first-order chi connectivity index (χ1) is 8.52. The molecular formula is C13H22N2O3. The van der Waals surface area contributed by atoms with Gasteiger partial charge in [-0.1, -0.05) is 0 Å². The molecule has 1 aromatic rings. The number of carboxylic acid groups (broad SMARTS) is 1. The summed E-state index contributed by atoms with van der Waals surface area (Å²) < 4.78 is 4.91. The van der Waals surface area contributed by atoms with Crippen LogP contribution in [0.4, 0.5) is 0 Å². The van der Waals surface area contributed by atoms with E-state index < -0.39 is 5.97 Å². The largest absolute Gasteiger partial charge is 0.475 e. The van der Waals surface area contributed by atoms with Crippen molar-refractivity contribution in [1.29, 1.82) is 0 Å². The monoisotopic (exact) mass is 254 g/mol. The first-order valence-corrected chi connectivity index (χ1v) is 6.23. The molecule has 1 aromatic heterocycles. The molecule has 0 radical (unpaired) electrons. The number of aromatic carboxylic acids is 1. The third-order valence-corrected chi connectivity index (χ3v) is 3.00. The van der Waals surface area contributed by atoms with Gasteiger partial charge in [0.2, 0.25) is 5.76 Å². The zero-order chi connectivity index (χ0) is 13.5. The molecule has 0 unspecified atom stereocenters. The molecule has 0 spiro atoms. The maximum Gasteiger partial charge on any atom is 0.372 e. The van der Waals surface area contributed by atoms with Gasteiger partial charge in [0, 0.05) is 18.2 Å². The van der Waals surface area contributed by atoms with Crippen molar-refractivity contribution in [2.75, 3.05) is 20.1 Å². The number of carbonyl (C=O) groups is 1. The van der Waals surface area contributed by atoms with E-state index in [1.807, 2.05) is 0 Å². The van der Waals surface area contributed by atoms with Crippen molar-refractivity contribution in [3.63, 3.8) is 0 Å². The third kappa shape index (κ3) is 4.50. The number of nitrogens with one attached hydrogen (secondary N) is 1. The lowest BCUT2D eigenvalue weighted by molar-refractivity contribution is 0.0660. The van der Waals surface area contributed by atoms with Crippen molar-refractivity contribution in [3.8, 4) is 0 Å². The minimum atomic E-state index is -1.02. The zero-order valence-electron chi connectivity index (χ0n) is 11.3. The van der Waals surface area contributed by atoms with Crippen LogP contribution in [0.5, 0.6) is 0 Å². The molecule has 5 heteroatoms. The number of nitrogens with zero attached hydrogens (tertiary/aromatic N) is 1. The highest BCUT2D eigenvalue weighted by Crippen LogP contribution is 2.09. The van der Waals surface area contributed by atoms with Crippen LogP contribution in [0.15, 0.2) is 16.7 Å². The summed E-state index contributed by atoms with van der Waals surface area (Å²) >= 11 is 0. The summed E-state index contributed by atoms with van der Waals surface area (Å²) in [5.74, 6) is -0.988. The van der Waals surface area contributed by atoms with Crippen molar-refractivity contribution < 1.29 is 14.3 Å². The lowest BCUT2D eigenvalue weighted by Gasteiger charge is -2.20. The Balaban J connectivity index is 2.22. The highest BCUT2D eigenvalue weighted by atomic mass is 16.4. The molecule has 0 amide bonds. The molecule has 5 nitrogen and oxygen atoms in total. The third-order valence-electron chi connectivity index (χ3n) is 3.00. The van der Waals surface area contributed by atoms with Crippen LogP contribution in [0.25, 0.3) is 0 Å². The van der Waals surface area contributed by atoms with Crippen molar-refractivity contribution in [3.05, 3.63) is 23.7 Å². The molecule has 0 aromatic carbocycles. The summed E-state index contributed by atoms with van der Waals surface area (Å²) in [6.45, 7) is 6.75. The first-order valence-electron chi connectivity index (χ1n) is 6.23. The average Bonchev–Trinajstić information content (AvgIpc) is 2.76. The van der Waals surface area contributed by atoms with Gasteiger partial charge in [0.15, 0.2) is 0 Å². The van der Waals surface area contributed by atoms with E-state index in [0.29, 0.717) is 18.2 Å². The second-order valence-electron chi connectivity index (χ2n) is 4.68. The summed E-state index contributed by atoms with van der Waals surface area (Å²) in [5.41, 5.74) is 0.694. The topological polar surface area (TPSA) is 65.7 Å². The van der Waals surface area contributed by atoms with Gasteiger partial charge < -0.3 is 19.7 Å². The van der Waals surface area contributed by atoms with E-state index in [1.165, 1.54) is 6.26 Å². The fourth-order valence-corrected chi connectivity index (χ4v) is 1.60. The average molecular weight is 254 g/mol. The number of carboxylic acids is 1. The molecule has 0 aliphatic heterocycles. The Morgan fingerprint density at radius 2 is 2.28 bits per heavy atom. The van der Waals surface area contributed by atoms with Crippen LogP contribution in [-0.4, -0.2) is 42.2 Å². The predicted molar refractivity (Wildman–Crippen MR) is 69.8 cm³/mol. The normalized spacial score (nSPS) is 11.4. The fraction of sp³-hybridized carbons (Fsp3) is 0.615. The number of furan rings is 1. The molecule has 0 saturated heterocycles. The van der Waals surface area contributed by atoms with E-state index in [4.69, 9.17) is 9.52 Å². The van der Waals surface area contributed by atoms with Crippen LogP contribution < -0.4 is 5.32 Å². The zero-order valence-corrected chi connectivity index (χ0v) is 11.3. The van der Waals surface area contributed by atoms with Crippen LogP contribution in [0.2, 0.25) is 0 Å². The lowest BCUT2D eigenvalue weighted by Crippen LogP contribution is -2.29. The van der Waals surface area contributed by atoms with Gasteiger partial charge in [-0.25, -0.2) is 4.79 Å². The molecule has 0 bridgehead atoms. The van der Waals surface area contributed by atoms with Crippen LogP contribution in [0.1, 0.15) is 36.4 Å². The number of hydrogen-bond acceptors (Lipinski definition) is 4. The first kappa shape index (κ1) is 14.7. The Morgan fingerprint density at radius 3 is 2.89 bits per heavy atom. The summed E-state index contributed by atoms with van der Waals surface area (Å²) in [5, 5.41) is 12.1. The Morgan fingerprint density at radius 1 is 1.56 bits per heavy atom. The van der Waals surface area contributed by atoms with Gasteiger partial charge in [-0.05, 0) is 46.5 Å². The Hall–Kier alpha value is -1.33. The Kier molecular flexibility index (Phi) is 5.88. The molecule has 1 heterocycles. The van der Waals surface area contributed by atoms with E-state index in [2.05, 4.69) is 31.1 Å². The smallest absolute Gasteiger partial charge is 0.372 e. The van der Waals surface area contributed by atoms with Gasteiger partial charge >= 0.3 is 5.97 Å². The van der Waals surface area contributed by atoms with Crippen molar-refractivity contribution in [1.82, 2.24) is 10.2 Å². The molecule has 0 aliphatic rings. The molecule has 0 aliphatic carbocycles. The van der Waals surface area contributed by atoms with Crippen LogP contribution in [-0.2, 0) is 6.54 Å². The highest BCUT2D eigenvalue weighted by Gasteiger charge is 2.12. The lowest BCUT2D eigenvalue weighted by atomic mass is 10.2. The molecule has 0 saturated carbocycles. The number of rotatable bonds is 8. The fourth-order valence-electron chi connectivity index (χ4n) is 1.60. The minimum Gasteiger partial charge on any atom is -0.475 e. The van der Waals surface area contributed by atoms with Crippen molar-refractivity contribution in [2.45, 2.75) is 32.9 Å². The van der Waals surface area contributed by atoms with Gasteiger partial charge in [0.1, 0.15) is 0 Å². The van der Waals surface area contributed by atoms with Gasteiger partial charge in [-0.2, -0.15) is 0 Å². The Labute approximate surface area is 108 Å². The van der Waals surface area contributed by atoms with E-state index in [1.54, 1.807) is 6.07 Å². The second-order valence-corrected chi connectivity index (χ2v) is 4.68. The van der Waals surface area contributed by atoms with E-state index in [9.17, 15) is 4.79 Å². The van der Waals surface area contributed by atoms with Crippen LogP contribution in [0.3, 0.4) is 0 Å². The maximum atomic E-state index is 10.8. The maximum absolute atomic E-state index is 10.8. The molecule has 1 rings (SSSR count). The summed E-state index contributed by atoms with van der Waals surface area (Å²) in [4.78, 5) is 13.1. The van der Waals surface area contributed by atoms with Gasteiger partial charge in [0.05, 0.1) is 6.26 Å². The van der Waals surface area contributed by atoms with Gasteiger partial charge in [-0.15, -0.1) is 0 Å². The quantitative estimate of drug-likeness (QED) is 0.692. The number of hydrogen-bond donors (Lipinski definition) is 2. The molecule has 102 valence electrons. The standard InChI is InChI=1S/C13H22N2O3/c1-10(2)15(3)7-4-6-14-9-11-5-8-18-12(11)13(16)17/h5,8,10,14H,4,6-7,9H2,1-3H3,(H,16,17). The van der Waals surface area contributed by atoms with Gasteiger partial charge in [-0.3, -0.25) is 0 Å². The molecule has 2 N–H and O–H groups in total. The molecule has 0 fully saturated rings. The van der Waals surface area contributed by atoms with E-state index in [-0.39, 0.29) is 5.76 Å². The van der Waals surface area contributed by atoms with E-state index in [0.717, 1.165) is 19.5 Å². The molecule has 18 heavy (non-hydrogen) atoms. The summed E-state index contributed by atoms with van der Waals surface area (Å²) in [6.07, 6.45) is 2.45. The Bertz CT molecular complexity index is 374. The minimum absolute atomic E-state index is 0.0294.